The van der Waals surface area contributed by atoms with Crippen molar-refractivity contribution in [3.05, 3.63) is 72.9 Å². The third kappa shape index (κ3) is 89.5. The summed E-state index contributed by atoms with van der Waals surface area (Å²) < 4.78 is 18.5. The minimum atomic E-state index is -0.0869. The van der Waals surface area contributed by atoms with E-state index < -0.39 is 0 Å². The van der Waals surface area contributed by atoms with Gasteiger partial charge in [-0.25, -0.2) is 0 Å². The Morgan fingerprint density at radius 2 is 0.393 bits per heavy atom. The minimum Gasteiger partial charge on any atom is -0.469 e. The number of carbonyl (C=O) groups is 4. The van der Waals surface area contributed by atoms with Gasteiger partial charge in [0.05, 0.1) is 28.4 Å². The predicted octanol–water partition coefficient (Wildman–Crippen LogP) is 24.7. The first-order chi connectivity index (χ1) is 41.2. The molecular formula is C76H143O8+3. The molecule has 8 nitrogen and oxygen atoms in total. The largest absolute Gasteiger partial charge is 1.00 e. The van der Waals surface area contributed by atoms with Crippen LogP contribution in [0.2, 0.25) is 0 Å². The first kappa shape index (κ1) is 86.8. The van der Waals surface area contributed by atoms with E-state index in [0.717, 1.165) is 70.6 Å². The highest BCUT2D eigenvalue weighted by molar-refractivity contribution is 5.70. The molecule has 0 saturated carbocycles. The maximum atomic E-state index is 10.9. The number of allylic oxidation sites excluding steroid dienone is 12. The van der Waals surface area contributed by atoms with Gasteiger partial charge in [0.1, 0.15) is 0 Å². The van der Waals surface area contributed by atoms with Crippen LogP contribution in [-0.2, 0) is 38.1 Å². The average Bonchev–Trinajstić information content (AvgIpc) is 3.51. The molecule has 84 heavy (non-hydrogen) atoms. The van der Waals surface area contributed by atoms with Gasteiger partial charge in [-0.05, 0) is 116 Å². The molecule has 0 saturated heterocycles. The van der Waals surface area contributed by atoms with E-state index in [1.165, 1.54) is 266 Å². The van der Waals surface area contributed by atoms with Crippen LogP contribution in [0.25, 0.3) is 0 Å². The first-order valence-corrected chi connectivity index (χ1v) is 35.4. The Morgan fingerprint density at radius 1 is 0.226 bits per heavy atom. The van der Waals surface area contributed by atoms with Crippen LogP contribution in [0.1, 0.15) is 366 Å². The van der Waals surface area contributed by atoms with Crippen molar-refractivity contribution in [1.82, 2.24) is 0 Å². The molecule has 0 rings (SSSR count). The number of unbranched alkanes of at least 4 members (excludes halogenated alkanes) is 38. The minimum absolute atomic E-state index is 0. The van der Waals surface area contributed by atoms with Gasteiger partial charge in [0.2, 0.25) is 0 Å². The fraction of sp³-hybridized carbons (Fsp3) is 0.789. The van der Waals surface area contributed by atoms with E-state index in [9.17, 15) is 19.2 Å². The van der Waals surface area contributed by atoms with Crippen molar-refractivity contribution < 1.29 is 42.4 Å². The molecular weight excluding hydrogens is 1040 g/mol. The van der Waals surface area contributed by atoms with Crippen LogP contribution < -0.4 is 0 Å². The van der Waals surface area contributed by atoms with Gasteiger partial charge < -0.3 is 18.9 Å². The normalized spacial score (nSPS) is 11.3. The highest BCUT2D eigenvalue weighted by atomic mass is 16.5. The van der Waals surface area contributed by atoms with E-state index in [4.69, 9.17) is 0 Å². The van der Waals surface area contributed by atoms with Crippen LogP contribution in [-0.4, -0.2) is 52.3 Å². The van der Waals surface area contributed by atoms with E-state index in [0.29, 0.717) is 25.7 Å². The lowest BCUT2D eigenvalue weighted by Gasteiger charge is -2.03. The van der Waals surface area contributed by atoms with Gasteiger partial charge in [-0.3, -0.25) is 19.2 Å². The third-order valence-electron chi connectivity index (χ3n) is 14.9. The molecule has 0 aliphatic rings. The van der Waals surface area contributed by atoms with Crippen LogP contribution in [0.15, 0.2) is 72.9 Å². The molecule has 0 atom stereocenters. The molecule has 0 fully saturated rings. The molecule has 492 valence electrons. The highest BCUT2D eigenvalue weighted by Crippen LogP contribution is 2.15. The zero-order valence-electron chi connectivity index (χ0n) is 60.0. The van der Waals surface area contributed by atoms with Crippen molar-refractivity contribution in [2.45, 2.75) is 362 Å². The predicted molar refractivity (Wildman–Crippen MR) is 369 cm³/mol. The monoisotopic (exact) mass is 1180 g/mol. The van der Waals surface area contributed by atoms with Crippen molar-refractivity contribution in [2.24, 2.45) is 0 Å². The van der Waals surface area contributed by atoms with Gasteiger partial charge in [0.15, 0.2) is 0 Å². The summed E-state index contributed by atoms with van der Waals surface area (Å²) in [6.45, 7) is 8.94. The standard InChI is InChI=1S/C19H38O2.C19H36O2.C19H34O2.C19H32O2/c4*1-3-4-5-6-7-8-9-10-11-12-13-14-15-16-17-18-19(20)21-2/h3-18H2,1-2H3;10-11H,3-9,12-18H2,1-2H3;7-8,10-11H,3-6,9,12-18H2,1-2H3;4-5,7-8,10-11H,3,6,9,12-18H2,1-2H3/p+3/b;11-10-;8-7-,11-10-;5-4-,8-7-,11-10-. The summed E-state index contributed by atoms with van der Waals surface area (Å²) in [7, 11) is 5.83. The molecule has 0 aromatic rings. The molecule has 0 radical (unpaired) electrons. The summed E-state index contributed by atoms with van der Waals surface area (Å²) in [6, 6.07) is 0. The van der Waals surface area contributed by atoms with Gasteiger partial charge in [-0.15, -0.1) is 0 Å². The topological polar surface area (TPSA) is 105 Å². The molecule has 0 N–H and O–H groups in total. The number of ether oxygens (including phenoxy) is 4. The summed E-state index contributed by atoms with van der Waals surface area (Å²) in [6.07, 6.45) is 90.1. The number of rotatable bonds is 58. The summed E-state index contributed by atoms with van der Waals surface area (Å²) in [5, 5.41) is 0. The quantitative estimate of drug-likeness (QED) is 0.0257. The molecule has 0 aliphatic carbocycles. The van der Waals surface area contributed by atoms with Crippen molar-refractivity contribution in [3.8, 4) is 0 Å². The van der Waals surface area contributed by atoms with Gasteiger partial charge in [-0.2, -0.15) is 0 Å². The lowest BCUT2D eigenvalue weighted by atomic mass is 10.0. The van der Waals surface area contributed by atoms with E-state index in [2.05, 4.69) is 120 Å². The molecule has 0 spiro atoms. The summed E-state index contributed by atoms with van der Waals surface area (Å²) in [5.74, 6) is -0.311. The molecule has 0 aromatic heterocycles. The number of hydrogen-bond donors (Lipinski definition) is 0. The number of hydrogen-bond acceptors (Lipinski definition) is 8. The summed E-state index contributed by atoms with van der Waals surface area (Å²) in [5.41, 5.74) is 0. The molecule has 0 unspecified atom stereocenters. The van der Waals surface area contributed by atoms with E-state index in [1.807, 2.05) is 0 Å². The maximum absolute atomic E-state index is 10.9. The second-order valence-corrected chi connectivity index (χ2v) is 22.9. The zero-order chi connectivity index (χ0) is 62.4. The van der Waals surface area contributed by atoms with Gasteiger partial charge in [-0.1, -0.05) is 293 Å². The summed E-state index contributed by atoms with van der Waals surface area (Å²) in [4.78, 5) is 43.7. The molecule has 8 heteroatoms. The van der Waals surface area contributed by atoms with Crippen molar-refractivity contribution in [2.75, 3.05) is 28.4 Å². The molecule has 0 heterocycles. The van der Waals surface area contributed by atoms with Crippen molar-refractivity contribution in [1.29, 1.82) is 0 Å². The van der Waals surface area contributed by atoms with Crippen LogP contribution in [0.3, 0.4) is 0 Å². The smallest absolute Gasteiger partial charge is 0.469 e. The first-order valence-electron chi connectivity index (χ1n) is 35.4. The van der Waals surface area contributed by atoms with Crippen LogP contribution >= 0.6 is 0 Å². The number of esters is 4. The van der Waals surface area contributed by atoms with E-state index >= 15 is 0 Å². The second kappa shape index (κ2) is 83.5. The summed E-state index contributed by atoms with van der Waals surface area (Å²) >= 11 is 0. The van der Waals surface area contributed by atoms with Crippen molar-refractivity contribution in [3.63, 3.8) is 0 Å². The van der Waals surface area contributed by atoms with Crippen LogP contribution in [0.5, 0.6) is 0 Å². The van der Waals surface area contributed by atoms with Crippen LogP contribution in [0, 0.1) is 0 Å². The number of methoxy groups -OCH3 is 4. The second-order valence-electron chi connectivity index (χ2n) is 22.9. The fourth-order valence-corrected chi connectivity index (χ4v) is 9.36. The molecule has 0 aromatic carbocycles. The SMILES string of the molecule is CC/C=C\C/C=C\C/C=C\CCCCCCCC(=O)OC.CCCCC/C=C\C/C=C\CCCCCCCC(=O)OC.CCCCCCCC/C=C\CCCCCCCC(=O)OC.CCCCCCCCCCCCCCCCCC(=O)OC.[H+].[H+].[H+]. The molecule has 0 amide bonds. The Hall–Kier alpha value is -3.68. The Bertz CT molecular complexity index is 1510. The Balaban J connectivity index is -0.000000194. The molecule has 0 bridgehead atoms. The fourth-order valence-electron chi connectivity index (χ4n) is 9.36. The third-order valence-corrected chi connectivity index (χ3v) is 14.9. The highest BCUT2D eigenvalue weighted by Gasteiger charge is 2.02. The van der Waals surface area contributed by atoms with Crippen molar-refractivity contribution >= 4 is 23.9 Å². The number of carbonyl (C=O) groups excluding carboxylic acids is 4. The van der Waals surface area contributed by atoms with Gasteiger partial charge in [0, 0.05) is 25.7 Å². The average molecular weight is 1180 g/mol. The van der Waals surface area contributed by atoms with Gasteiger partial charge in [0.25, 0.3) is 0 Å². The van der Waals surface area contributed by atoms with E-state index in [-0.39, 0.29) is 28.2 Å². The van der Waals surface area contributed by atoms with Crippen LogP contribution in [0.4, 0.5) is 0 Å². The van der Waals surface area contributed by atoms with Gasteiger partial charge >= 0.3 is 28.2 Å². The van der Waals surface area contributed by atoms with E-state index in [1.54, 1.807) is 0 Å². The Morgan fingerprint density at radius 3 is 0.619 bits per heavy atom. The zero-order valence-corrected chi connectivity index (χ0v) is 57.0. The molecule has 0 aliphatic heterocycles. The Kier molecular flexibility index (Phi) is 86.3. The Labute approximate surface area is 527 Å². The maximum Gasteiger partial charge on any atom is 1.00 e. The lowest BCUT2D eigenvalue weighted by Crippen LogP contribution is -1.99. The lowest BCUT2D eigenvalue weighted by molar-refractivity contribution is -0.141.